The lowest BCUT2D eigenvalue weighted by molar-refractivity contribution is -0.0449. The van der Waals surface area contributed by atoms with Crippen molar-refractivity contribution in [1.29, 1.82) is 0 Å². The first-order valence-corrected chi connectivity index (χ1v) is 10.0. The predicted molar refractivity (Wildman–Crippen MR) is 110 cm³/mol. The van der Waals surface area contributed by atoms with E-state index in [1.807, 2.05) is 44.4 Å². The highest BCUT2D eigenvalue weighted by Gasteiger charge is 2.35. The number of carbonyl (C=O) groups excluding carboxylic acids is 1. The van der Waals surface area contributed by atoms with Crippen LogP contribution in [0.25, 0.3) is 11.1 Å². The van der Waals surface area contributed by atoms with E-state index in [1.54, 1.807) is 9.58 Å². The number of nitrogens with zero attached hydrogens (tertiary/aromatic N) is 5. The molecule has 3 aromatic rings. The Labute approximate surface area is 178 Å². The SMILES string of the molecule is CCC(F)(F)COc1ncnc2c1C(=O)N(Cc1ccc(-c3cn(C)nc3C)cc1)C2. The number of hydrogen-bond acceptors (Lipinski definition) is 5. The van der Waals surface area contributed by atoms with E-state index < -0.39 is 12.5 Å². The van der Waals surface area contributed by atoms with Crippen LogP contribution >= 0.6 is 0 Å². The van der Waals surface area contributed by atoms with Gasteiger partial charge in [0.05, 0.1) is 17.9 Å². The summed E-state index contributed by atoms with van der Waals surface area (Å²) in [5, 5.41) is 4.36. The molecule has 1 aromatic carbocycles. The van der Waals surface area contributed by atoms with Crippen LogP contribution < -0.4 is 4.74 Å². The minimum atomic E-state index is -2.98. The van der Waals surface area contributed by atoms with Gasteiger partial charge in [-0.3, -0.25) is 9.48 Å². The number of hydrogen-bond donors (Lipinski definition) is 0. The lowest BCUT2D eigenvalue weighted by Crippen LogP contribution is -2.26. The fourth-order valence-corrected chi connectivity index (χ4v) is 3.56. The first-order chi connectivity index (χ1) is 14.8. The average Bonchev–Trinajstić information content (AvgIpc) is 3.25. The normalized spacial score (nSPS) is 13.6. The molecule has 0 unspecified atom stereocenters. The van der Waals surface area contributed by atoms with E-state index in [2.05, 4.69) is 15.1 Å². The fraction of sp³-hybridized carbons (Fsp3) is 0.364. The molecule has 3 heterocycles. The van der Waals surface area contributed by atoms with Gasteiger partial charge >= 0.3 is 0 Å². The molecule has 1 aliphatic heterocycles. The Bertz CT molecular complexity index is 1110. The van der Waals surface area contributed by atoms with E-state index in [0.717, 1.165) is 22.4 Å². The highest BCUT2D eigenvalue weighted by molar-refractivity contribution is 5.99. The summed E-state index contributed by atoms with van der Waals surface area (Å²) in [6.07, 6.45) is 2.85. The number of rotatable bonds is 7. The van der Waals surface area contributed by atoms with Gasteiger partial charge in [-0.2, -0.15) is 5.10 Å². The van der Waals surface area contributed by atoms with Crippen LogP contribution in [0, 0.1) is 6.92 Å². The minimum absolute atomic E-state index is 0.0898. The first-order valence-electron chi connectivity index (χ1n) is 10.0. The van der Waals surface area contributed by atoms with Gasteiger partial charge in [0.25, 0.3) is 11.8 Å². The Hall–Kier alpha value is -3.36. The van der Waals surface area contributed by atoms with Gasteiger partial charge in [-0.1, -0.05) is 31.2 Å². The number of amides is 1. The number of carbonyl (C=O) groups is 1. The number of fused-ring (bicyclic) bond motifs is 1. The zero-order valence-corrected chi connectivity index (χ0v) is 17.6. The van der Waals surface area contributed by atoms with Gasteiger partial charge in [-0.25, -0.2) is 18.7 Å². The average molecular weight is 427 g/mol. The third-order valence-electron chi connectivity index (χ3n) is 5.32. The molecule has 31 heavy (non-hydrogen) atoms. The quantitative estimate of drug-likeness (QED) is 0.574. The van der Waals surface area contributed by atoms with Crippen molar-refractivity contribution in [3.8, 4) is 17.0 Å². The van der Waals surface area contributed by atoms with Crippen LogP contribution in [0.5, 0.6) is 5.88 Å². The van der Waals surface area contributed by atoms with Crippen molar-refractivity contribution >= 4 is 5.91 Å². The Balaban J connectivity index is 1.48. The smallest absolute Gasteiger partial charge is 0.281 e. The highest BCUT2D eigenvalue weighted by Crippen LogP contribution is 2.30. The number of aromatic nitrogens is 4. The van der Waals surface area contributed by atoms with E-state index in [0.29, 0.717) is 12.2 Å². The van der Waals surface area contributed by atoms with Crippen molar-refractivity contribution in [1.82, 2.24) is 24.6 Å². The molecule has 1 aliphatic rings. The van der Waals surface area contributed by atoms with Crippen molar-refractivity contribution in [2.75, 3.05) is 6.61 Å². The summed E-state index contributed by atoms with van der Waals surface area (Å²) >= 11 is 0. The molecular formula is C22H23F2N5O2. The van der Waals surface area contributed by atoms with Gasteiger partial charge in [0, 0.05) is 31.8 Å². The summed E-state index contributed by atoms with van der Waals surface area (Å²) in [6.45, 7) is 3.16. The fourth-order valence-electron chi connectivity index (χ4n) is 3.56. The second-order valence-electron chi connectivity index (χ2n) is 7.66. The Morgan fingerprint density at radius 1 is 1.19 bits per heavy atom. The number of aryl methyl sites for hydroxylation is 2. The molecular weight excluding hydrogens is 404 g/mol. The third kappa shape index (κ3) is 4.26. The monoisotopic (exact) mass is 427 g/mol. The maximum Gasteiger partial charge on any atom is 0.281 e. The summed E-state index contributed by atoms with van der Waals surface area (Å²) < 4.78 is 34.1. The second kappa shape index (κ2) is 8.05. The topological polar surface area (TPSA) is 73.1 Å². The van der Waals surface area contributed by atoms with E-state index >= 15 is 0 Å². The van der Waals surface area contributed by atoms with Gasteiger partial charge < -0.3 is 9.64 Å². The van der Waals surface area contributed by atoms with E-state index in [9.17, 15) is 13.6 Å². The molecule has 0 atom stereocenters. The van der Waals surface area contributed by atoms with Gasteiger partial charge in [-0.05, 0) is 18.1 Å². The molecule has 0 spiro atoms. The summed E-state index contributed by atoms with van der Waals surface area (Å²) in [6, 6.07) is 7.91. The van der Waals surface area contributed by atoms with Crippen LogP contribution in [0.1, 0.15) is 40.7 Å². The molecule has 162 valence electrons. The third-order valence-corrected chi connectivity index (χ3v) is 5.32. The zero-order valence-electron chi connectivity index (χ0n) is 17.6. The van der Waals surface area contributed by atoms with Gasteiger partial charge in [-0.15, -0.1) is 0 Å². The predicted octanol–water partition coefficient (Wildman–Crippen LogP) is 3.77. The summed E-state index contributed by atoms with van der Waals surface area (Å²) in [7, 11) is 1.88. The molecule has 0 radical (unpaired) electrons. The number of alkyl halides is 2. The Morgan fingerprint density at radius 2 is 1.94 bits per heavy atom. The molecule has 9 heteroatoms. The minimum Gasteiger partial charge on any atom is -0.471 e. The molecule has 2 aromatic heterocycles. The Kier molecular flexibility index (Phi) is 5.43. The molecule has 0 aliphatic carbocycles. The standard InChI is InChI=1S/C22H23F2N5O2/c1-4-22(23,24)12-31-20-19-18(25-13-26-20)11-29(21(19)30)9-15-5-7-16(8-6-15)17-10-28(3)27-14(17)2/h5-8,10,13H,4,9,11-12H2,1-3H3. The molecule has 0 fully saturated rings. The number of benzene rings is 1. The molecule has 0 N–H and O–H groups in total. The van der Waals surface area contributed by atoms with Crippen molar-refractivity contribution in [2.24, 2.45) is 7.05 Å². The Morgan fingerprint density at radius 3 is 2.58 bits per heavy atom. The maximum atomic E-state index is 13.6. The first kappa shape index (κ1) is 20.9. The van der Waals surface area contributed by atoms with Crippen LogP contribution in [0.2, 0.25) is 0 Å². The van der Waals surface area contributed by atoms with Crippen LogP contribution in [-0.4, -0.2) is 43.1 Å². The molecule has 7 nitrogen and oxygen atoms in total. The molecule has 0 saturated heterocycles. The van der Waals surface area contributed by atoms with E-state index in [4.69, 9.17) is 4.74 Å². The summed E-state index contributed by atoms with van der Waals surface area (Å²) in [5.41, 5.74) is 4.64. The summed E-state index contributed by atoms with van der Waals surface area (Å²) in [5.74, 6) is -3.39. The van der Waals surface area contributed by atoms with E-state index in [-0.39, 0.29) is 30.3 Å². The molecule has 0 saturated carbocycles. The van der Waals surface area contributed by atoms with Gasteiger partial charge in [0.15, 0.2) is 6.61 Å². The van der Waals surface area contributed by atoms with Gasteiger partial charge in [0.1, 0.15) is 11.9 Å². The van der Waals surface area contributed by atoms with Crippen molar-refractivity contribution < 1.29 is 18.3 Å². The van der Waals surface area contributed by atoms with Crippen molar-refractivity contribution in [2.45, 2.75) is 39.3 Å². The van der Waals surface area contributed by atoms with Crippen molar-refractivity contribution in [3.05, 3.63) is 59.3 Å². The largest absolute Gasteiger partial charge is 0.471 e. The molecule has 0 bridgehead atoms. The molecule has 1 amide bonds. The highest BCUT2D eigenvalue weighted by atomic mass is 19.3. The zero-order chi connectivity index (χ0) is 22.2. The van der Waals surface area contributed by atoms with Crippen LogP contribution in [0.3, 0.4) is 0 Å². The number of halogens is 2. The lowest BCUT2D eigenvalue weighted by atomic mass is 10.0. The van der Waals surface area contributed by atoms with E-state index in [1.165, 1.54) is 13.3 Å². The van der Waals surface area contributed by atoms with Gasteiger partial charge in [0.2, 0.25) is 5.88 Å². The van der Waals surface area contributed by atoms with Crippen molar-refractivity contribution in [3.63, 3.8) is 0 Å². The van der Waals surface area contributed by atoms with Crippen LogP contribution in [-0.2, 0) is 20.1 Å². The second-order valence-corrected chi connectivity index (χ2v) is 7.66. The lowest BCUT2D eigenvalue weighted by Gasteiger charge is -2.16. The van der Waals surface area contributed by atoms with Crippen LogP contribution in [0.4, 0.5) is 8.78 Å². The maximum absolute atomic E-state index is 13.6. The van der Waals surface area contributed by atoms with Crippen LogP contribution in [0.15, 0.2) is 36.8 Å². The summed E-state index contributed by atoms with van der Waals surface area (Å²) in [4.78, 5) is 22.6. The number of ether oxygens (including phenoxy) is 1. The molecule has 4 rings (SSSR count).